The largest absolute Gasteiger partial charge is 0.321 e. The highest BCUT2D eigenvalue weighted by Gasteiger charge is 2.25. The predicted molar refractivity (Wildman–Crippen MR) is 79.1 cm³/mol. The monoisotopic (exact) mass is 257 g/mol. The number of hydrogen-bond donors (Lipinski definition) is 1. The molecular formula is C16H23N3. The zero-order chi connectivity index (χ0) is 14.0. The van der Waals surface area contributed by atoms with E-state index < -0.39 is 0 Å². The molecule has 2 N–H and O–H groups in total. The first kappa shape index (κ1) is 13.8. The summed E-state index contributed by atoms with van der Waals surface area (Å²) in [5, 5.41) is 4.49. The molecule has 19 heavy (non-hydrogen) atoms. The van der Waals surface area contributed by atoms with Gasteiger partial charge in [-0.1, -0.05) is 24.3 Å². The molecule has 0 saturated heterocycles. The van der Waals surface area contributed by atoms with Crippen molar-refractivity contribution in [1.29, 1.82) is 0 Å². The van der Waals surface area contributed by atoms with Crippen LogP contribution in [0.4, 0.5) is 0 Å². The van der Waals surface area contributed by atoms with Crippen LogP contribution in [0.1, 0.15) is 36.4 Å². The summed E-state index contributed by atoms with van der Waals surface area (Å²) in [5.74, 6) is 0. The minimum absolute atomic E-state index is 0.370. The Morgan fingerprint density at radius 2 is 1.95 bits per heavy atom. The highest BCUT2D eigenvalue weighted by Crippen LogP contribution is 2.25. The molecule has 0 aliphatic rings. The number of rotatable bonds is 4. The average Bonchev–Trinajstić information content (AvgIpc) is 2.69. The molecule has 0 bridgehead atoms. The van der Waals surface area contributed by atoms with E-state index in [-0.39, 0.29) is 5.54 Å². The molecule has 1 unspecified atom stereocenters. The second kappa shape index (κ2) is 5.17. The molecule has 0 fully saturated rings. The van der Waals surface area contributed by atoms with Crippen molar-refractivity contribution in [2.24, 2.45) is 5.73 Å². The number of aromatic nitrogens is 2. The fraction of sp³-hybridized carbons (Fsp3) is 0.438. The molecule has 0 radical (unpaired) electrons. The van der Waals surface area contributed by atoms with E-state index in [9.17, 15) is 0 Å². The molecule has 2 rings (SSSR count). The minimum Gasteiger partial charge on any atom is -0.321 e. The number of nitrogens with two attached hydrogens (primary N) is 1. The summed E-state index contributed by atoms with van der Waals surface area (Å²) in [6, 6.07) is 10.5. The van der Waals surface area contributed by atoms with Crippen molar-refractivity contribution in [2.75, 3.05) is 0 Å². The summed E-state index contributed by atoms with van der Waals surface area (Å²) in [5.41, 5.74) is 10.9. The van der Waals surface area contributed by atoms with Crippen LogP contribution < -0.4 is 5.73 Å². The van der Waals surface area contributed by atoms with E-state index >= 15 is 0 Å². The molecule has 102 valence electrons. The minimum atomic E-state index is -0.370. The molecule has 0 saturated carbocycles. The Labute approximate surface area is 115 Å². The molecule has 0 amide bonds. The third-order valence-electron chi connectivity index (χ3n) is 3.59. The molecule has 0 aliphatic heterocycles. The predicted octanol–water partition coefficient (Wildman–Crippen LogP) is 2.94. The van der Waals surface area contributed by atoms with E-state index in [1.165, 1.54) is 16.8 Å². The van der Waals surface area contributed by atoms with Gasteiger partial charge in [-0.2, -0.15) is 5.10 Å². The Kier molecular flexibility index (Phi) is 3.76. The zero-order valence-electron chi connectivity index (χ0n) is 12.3. The number of benzene rings is 1. The lowest BCUT2D eigenvalue weighted by Crippen LogP contribution is -2.37. The Hall–Kier alpha value is -1.61. The lowest BCUT2D eigenvalue weighted by molar-refractivity contribution is 0.461. The van der Waals surface area contributed by atoms with Crippen molar-refractivity contribution in [3.63, 3.8) is 0 Å². The van der Waals surface area contributed by atoms with Gasteiger partial charge >= 0.3 is 0 Å². The normalized spacial score (nSPS) is 14.4. The smallest absolute Gasteiger partial charge is 0.0596 e. The van der Waals surface area contributed by atoms with Gasteiger partial charge in [0.1, 0.15) is 0 Å². The molecule has 1 aromatic carbocycles. The van der Waals surface area contributed by atoms with Crippen LogP contribution in [0.25, 0.3) is 0 Å². The van der Waals surface area contributed by atoms with E-state index in [4.69, 9.17) is 5.73 Å². The second-order valence-corrected chi connectivity index (χ2v) is 5.50. The van der Waals surface area contributed by atoms with Crippen LogP contribution in [0.3, 0.4) is 0 Å². The van der Waals surface area contributed by atoms with Crippen LogP contribution in [-0.4, -0.2) is 9.78 Å². The summed E-state index contributed by atoms with van der Waals surface area (Å²) in [6.07, 6.45) is 0.798. The molecule has 3 nitrogen and oxygen atoms in total. The van der Waals surface area contributed by atoms with Crippen molar-refractivity contribution in [3.05, 3.63) is 52.8 Å². The number of aryl methyl sites for hydroxylation is 3. The van der Waals surface area contributed by atoms with Gasteiger partial charge in [-0.15, -0.1) is 0 Å². The summed E-state index contributed by atoms with van der Waals surface area (Å²) in [6.45, 7) is 9.22. The van der Waals surface area contributed by atoms with Gasteiger partial charge < -0.3 is 5.73 Å². The maximum atomic E-state index is 6.56. The Morgan fingerprint density at radius 1 is 1.26 bits per heavy atom. The van der Waals surface area contributed by atoms with E-state index in [2.05, 4.69) is 56.2 Å². The van der Waals surface area contributed by atoms with Crippen molar-refractivity contribution >= 4 is 0 Å². The topological polar surface area (TPSA) is 43.8 Å². The molecule has 3 heteroatoms. The summed E-state index contributed by atoms with van der Waals surface area (Å²) in [4.78, 5) is 0. The van der Waals surface area contributed by atoms with Crippen molar-refractivity contribution in [2.45, 2.75) is 46.2 Å². The Balaban J connectivity index is 2.33. The third kappa shape index (κ3) is 2.87. The molecule has 1 heterocycles. The fourth-order valence-electron chi connectivity index (χ4n) is 2.70. The van der Waals surface area contributed by atoms with Crippen LogP contribution >= 0.6 is 0 Å². The van der Waals surface area contributed by atoms with Gasteiger partial charge in [0.25, 0.3) is 0 Å². The van der Waals surface area contributed by atoms with Gasteiger partial charge in [-0.25, -0.2) is 0 Å². The van der Waals surface area contributed by atoms with Crippen LogP contribution in [0.15, 0.2) is 30.3 Å². The first-order chi connectivity index (χ1) is 8.94. The van der Waals surface area contributed by atoms with Crippen molar-refractivity contribution < 1.29 is 0 Å². The van der Waals surface area contributed by atoms with Gasteiger partial charge in [0, 0.05) is 24.2 Å². The maximum Gasteiger partial charge on any atom is 0.0596 e. The van der Waals surface area contributed by atoms with E-state index in [1.54, 1.807) is 0 Å². The first-order valence-electron chi connectivity index (χ1n) is 6.82. The molecule has 0 aliphatic carbocycles. The van der Waals surface area contributed by atoms with E-state index in [1.807, 2.05) is 11.6 Å². The van der Waals surface area contributed by atoms with Gasteiger partial charge in [-0.05, 0) is 44.9 Å². The molecule has 1 aromatic heterocycles. The van der Waals surface area contributed by atoms with Crippen LogP contribution in [0.2, 0.25) is 0 Å². The summed E-state index contributed by atoms with van der Waals surface area (Å²) < 4.78 is 2.04. The molecule has 0 spiro atoms. The quantitative estimate of drug-likeness (QED) is 0.915. The van der Waals surface area contributed by atoms with E-state index in [0.29, 0.717) is 0 Å². The summed E-state index contributed by atoms with van der Waals surface area (Å²) in [7, 11) is 0. The van der Waals surface area contributed by atoms with Crippen LogP contribution in [0.5, 0.6) is 0 Å². The highest BCUT2D eigenvalue weighted by molar-refractivity contribution is 5.33. The lowest BCUT2D eigenvalue weighted by atomic mass is 9.85. The molecular weight excluding hydrogens is 234 g/mol. The van der Waals surface area contributed by atoms with Crippen molar-refractivity contribution in [3.8, 4) is 0 Å². The van der Waals surface area contributed by atoms with Crippen LogP contribution in [0, 0.1) is 13.8 Å². The van der Waals surface area contributed by atoms with E-state index in [0.717, 1.165) is 18.7 Å². The maximum absolute atomic E-state index is 6.56. The first-order valence-corrected chi connectivity index (χ1v) is 6.82. The van der Waals surface area contributed by atoms with Gasteiger partial charge in [0.15, 0.2) is 0 Å². The van der Waals surface area contributed by atoms with Gasteiger partial charge in [0.05, 0.1) is 5.69 Å². The lowest BCUT2D eigenvalue weighted by Gasteiger charge is -2.27. The van der Waals surface area contributed by atoms with Crippen molar-refractivity contribution in [1.82, 2.24) is 9.78 Å². The Bertz CT molecular complexity index is 567. The third-order valence-corrected chi connectivity index (χ3v) is 3.59. The van der Waals surface area contributed by atoms with Crippen LogP contribution in [-0.2, 0) is 18.5 Å². The van der Waals surface area contributed by atoms with Gasteiger partial charge in [-0.3, -0.25) is 4.68 Å². The second-order valence-electron chi connectivity index (χ2n) is 5.50. The standard InChI is InChI=1S/C16H23N3/c1-5-19-14(10-13(3)18-19)11-16(4,17)15-9-7-6-8-12(15)2/h6-10H,5,11,17H2,1-4H3. The number of nitrogens with zero attached hydrogens (tertiary/aromatic N) is 2. The zero-order valence-corrected chi connectivity index (χ0v) is 12.3. The Morgan fingerprint density at radius 3 is 2.58 bits per heavy atom. The SMILES string of the molecule is CCn1nc(C)cc1CC(C)(N)c1ccccc1C. The molecule has 2 aromatic rings. The average molecular weight is 257 g/mol. The van der Waals surface area contributed by atoms with Gasteiger partial charge in [0.2, 0.25) is 0 Å². The summed E-state index contributed by atoms with van der Waals surface area (Å²) >= 11 is 0. The fourth-order valence-corrected chi connectivity index (χ4v) is 2.70. The highest BCUT2D eigenvalue weighted by atomic mass is 15.3. The number of hydrogen-bond acceptors (Lipinski definition) is 2. The molecule has 1 atom stereocenters.